The van der Waals surface area contributed by atoms with Crippen LogP contribution in [-0.4, -0.2) is 15.9 Å². The molecule has 0 aliphatic rings. The summed E-state index contributed by atoms with van der Waals surface area (Å²) in [6, 6.07) is 6.72. The zero-order valence-corrected chi connectivity index (χ0v) is 9.90. The standard InChI is InChI=1S/C12H10ClN3O/c1-8-2-3-11(15-7-8)16-12(17)9-4-5-14-10(13)6-9/h2-7H,1H3,(H,15,16,17). The minimum Gasteiger partial charge on any atom is -0.307 e. The predicted octanol–water partition coefficient (Wildman–Crippen LogP) is 2.69. The lowest BCUT2D eigenvalue weighted by Gasteiger charge is -2.04. The number of rotatable bonds is 2. The van der Waals surface area contributed by atoms with Crippen LogP contribution in [0.15, 0.2) is 36.7 Å². The van der Waals surface area contributed by atoms with Crippen molar-refractivity contribution in [3.05, 3.63) is 52.9 Å². The second-order valence-corrected chi connectivity index (χ2v) is 3.93. The molecule has 1 amide bonds. The Kier molecular flexibility index (Phi) is 3.35. The van der Waals surface area contributed by atoms with Gasteiger partial charge in [-0.15, -0.1) is 0 Å². The van der Waals surface area contributed by atoms with Crippen molar-refractivity contribution in [3.8, 4) is 0 Å². The number of hydrogen-bond donors (Lipinski definition) is 1. The third-order valence-corrected chi connectivity index (χ3v) is 2.35. The van der Waals surface area contributed by atoms with Gasteiger partial charge in [0.2, 0.25) is 0 Å². The highest BCUT2D eigenvalue weighted by Crippen LogP contribution is 2.10. The van der Waals surface area contributed by atoms with Crippen LogP contribution in [0.4, 0.5) is 5.82 Å². The molecule has 0 saturated heterocycles. The van der Waals surface area contributed by atoms with Crippen molar-refractivity contribution >= 4 is 23.3 Å². The molecule has 86 valence electrons. The fourth-order valence-corrected chi connectivity index (χ4v) is 1.45. The van der Waals surface area contributed by atoms with Crippen LogP contribution in [0.5, 0.6) is 0 Å². The number of aromatic nitrogens is 2. The van der Waals surface area contributed by atoms with Crippen molar-refractivity contribution in [1.82, 2.24) is 9.97 Å². The summed E-state index contributed by atoms with van der Waals surface area (Å²) >= 11 is 5.71. The molecule has 0 bridgehead atoms. The summed E-state index contributed by atoms with van der Waals surface area (Å²) in [7, 11) is 0. The van der Waals surface area contributed by atoms with Gasteiger partial charge in [0.25, 0.3) is 5.91 Å². The molecule has 5 heteroatoms. The molecule has 0 aliphatic heterocycles. The number of nitrogens with zero attached hydrogens (tertiary/aromatic N) is 2. The molecule has 2 aromatic rings. The van der Waals surface area contributed by atoms with E-state index in [4.69, 9.17) is 11.6 Å². The normalized spacial score (nSPS) is 10.0. The molecule has 0 fully saturated rings. The number of carbonyl (C=O) groups is 1. The zero-order valence-electron chi connectivity index (χ0n) is 9.14. The van der Waals surface area contributed by atoms with Crippen LogP contribution < -0.4 is 5.32 Å². The average Bonchev–Trinajstić information content (AvgIpc) is 2.32. The Labute approximate surface area is 104 Å². The fraction of sp³-hybridized carbons (Fsp3) is 0.0833. The molecule has 2 rings (SSSR count). The zero-order chi connectivity index (χ0) is 12.3. The first kappa shape index (κ1) is 11.5. The Morgan fingerprint density at radius 3 is 2.76 bits per heavy atom. The molecule has 0 unspecified atom stereocenters. The van der Waals surface area contributed by atoms with Gasteiger partial charge < -0.3 is 5.32 Å². The molecule has 0 spiro atoms. The Morgan fingerprint density at radius 1 is 1.29 bits per heavy atom. The van der Waals surface area contributed by atoms with Gasteiger partial charge in [-0.3, -0.25) is 4.79 Å². The van der Waals surface area contributed by atoms with Gasteiger partial charge in [-0.2, -0.15) is 0 Å². The molecule has 0 saturated carbocycles. The first-order chi connectivity index (χ1) is 8.15. The number of carbonyl (C=O) groups excluding carboxylic acids is 1. The Hall–Kier alpha value is -1.94. The molecule has 2 aromatic heterocycles. The highest BCUT2D eigenvalue weighted by atomic mass is 35.5. The molecule has 2 heterocycles. The minimum atomic E-state index is -0.259. The molecule has 0 aliphatic carbocycles. The minimum absolute atomic E-state index is 0.259. The van der Waals surface area contributed by atoms with Gasteiger partial charge in [0.1, 0.15) is 11.0 Å². The quantitative estimate of drug-likeness (QED) is 0.830. The number of amides is 1. The Bertz CT molecular complexity index is 540. The van der Waals surface area contributed by atoms with Crippen molar-refractivity contribution in [2.24, 2.45) is 0 Å². The van der Waals surface area contributed by atoms with E-state index in [1.165, 1.54) is 12.3 Å². The molecule has 17 heavy (non-hydrogen) atoms. The van der Waals surface area contributed by atoms with E-state index < -0.39 is 0 Å². The third-order valence-electron chi connectivity index (χ3n) is 2.14. The van der Waals surface area contributed by atoms with Crippen molar-refractivity contribution in [1.29, 1.82) is 0 Å². The van der Waals surface area contributed by atoms with Crippen LogP contribution in [0.2, 0.25) is 5.15 Å². The van der Waals surface area contributed by atoms with Crippen LogP contribution in [-0.2, 0) is 0 Å². The van der Waals surface area contributed by atoms with Crippen molar-refractivity contribution in [3.63, 3.8) is 0 Å². The molecule has 1 N–H and O–H groups in total. The second-order valence-electron chi connectivity index (χ2n) is 3.54. The smallest absolute Gasteiger partial charge is 0.256 e. The topological polar surface area (TPSA) is 54.9 Å². The summed E-state index contributed by atoms with van der Waals surface area (Å²) in [6.45, 7) is 1.93. The van der Waals surface area contributed by atoms with E-state index in [1.54, 1.807) is 18.3 Å². The summed E-state index contributed by atoms with van der Waals surface area (Å²) in [5.74, 6) is 0.249. The van der Waals surface area contributed by atoms with E-state index >= 15 is 0 Å². The number of halogens is 1. The SMILES string of the molecule is Cc1ccc(NC(=O)c2ccnc(Cl)c2)nc1. The van der Waals surface area contributed by atoms with Crippen molar-refractivity contribution in [2.75, 3.05) is 5.32 Å². The van der Waals surface area contributed by atoms with E-state index in [2.05, 4.69) is 15.3 Å². The van der Waals surface area contributed by atoms with E-state index in [1.807, 2.05) is 13.0 Å². The van der Waals surface area contributed by atoms with Gasteiger partial charge in [-0.25, -0.2) is 9.97 Å². The lowest BCUT2D eigenvalue weighted by molar-refractivity contribution is 0.102. The fourth-order valence-electron chi connectivity index (χ4n) is 1.27. The number of anilines is 1. The van der Waals surface area contributed by atoms with E-state index in [-0.39, 0.29) is 11.1 Å². The van der Waals surface area contributed by atoms with Gasteiger partial charge in [-0.05, 0) is 30.7 Å². The van der Waals surface area contributed by atoms with E-state index in [0.717, 1.165) is 5.56 Å². The number of hydrogen-bond acceptors (Lipinski definition) is 3. The van der Waals surface area contributed by atoms with Gasteiger partial charge in [-0.1, -0.05) is 17.7 Å². The van der Waals surface area contributed by atoms with Gasteiger partial charge in [0.05, 0.1) is 0 Å². The Balaban J connectivity index is 2.14. The first-order valence-corrected chi connectivity index (χ1v) is 5.38. The van der Waals surface area contributed by atoms with Crippen LogP contribution in [0, 0.1) is 6.92 Å². The largest absolute Gasteiger partial charge is 0.307 e. The van der Waals surface area contributed by atoms with E-state index in [0.29, 0.717) is 11.4 Å². The van der Waals surface area contributed by atoms with Gasteiger partial charge in [0, 0.05) is 18.0 Å². The first-order valence-electron chi connectivity index (χ1n) is 5.01. The summed E-state index contributed by atoms with van der Waals surface area (Å²) in [5, 5.41) is 2.96. The third kappa shape index (κ3) is 3.01. The number of nitrogens with one attached hydrogen (secondary N) is 1. The maximum absolute atomic E-state index is 11.8. The maximum Gasteiger partial charge on any atom is 0.256 e. The van der Waals surface area contributed by atoms with Gasteiger partial charge >= 0.3 is 0 Å². The highest BCUT2D eigenvalue weighted by Gasteiger charge is 2.07. The summed E-state index contributed by atoms with van der Waals surface area (Å²) in [4.78, 5) is 19.7. The molecule has 0 aromatic carbocycles. The Morgan fingerprint density at radius 2 is 2.12 bits per heavy atom. The van der Waals surface area contributed by atoms with E-state index in [9.17, 15) is 4.79 Å². The lowest BCUT2D eigenvalue weighted by atomic mass is 10.2. The summed E-state index contributed by atoms with van der Waals surface area (Å²) in [5.41, 5.74) is 1.49. The molecular weight excluding hydrogens is 238 g/mol. The molecular formula is C12H10ClN3O. The van der Waals surface area contributed by atoms with Crippen LogP contribution in [0.1, 0.15) is 15.9 Å². The molecule has 0 atom stereocenters. The van der Waals surface area contributed by atoms with Crippen LogP contribution in [0.3, 0.4) is 0 Å². The lowest BCUT2D eigenvalue weighted by Crippen LogP contribution is -2.12. The van der Waals surface area contributed by atoms with Gasteiger partial charge in [0.15, 0.2) is 0 Å². The monoisotopic (exact) mass is 247 g/mol. The molecule has 0 radical (unpaired) electrons. The van der Waals surface area contributed by atoms with Crippen molar-refractivity contribution < 1.29 is 4.79 Å². The average molecular weight is 248 g/mol. The number of pyridine rings is 2. The maximum atomic E-state index is 11.8. The molecule has 4 nitrogen and oxygen atoms in total. The van der Waals surface area contributed by atoms with Crippen LogP contribution in [0.25, 0.3) is 0 Å². The number of aryl methyl sites for hydroxylation is 1. The highest BCUT2D eigenvalue weighted by molar-refractivity contribution is 6.29. The summed E-state index contributed by atoms with van der Waals surface area (Å²) in [6.07, 6.45) is 3.18. The van der Waals surface area contributed by atoms with Crippen molar-refractivity contribution in [2.45, 2.75) is 6.92 Å². The predicted molar refractivity (Wildman–Crippen MR) is 66.2 cm³/mol. The second kappa shape index (κ2) is 4.93. The summed E-state index contributed by atoms with van der Waals surface area (Å²) < 4.78 is 0. The van der Waals surface area contributed by atoms with Crippen LogP contribution >= 0.6 is 11.6 Å².